The van der Waals surface area contributed by atoms with Crippen molar-refractivity contribution in [1.29, 1.82) is 0 Å². The van der Waals surface area contributed by atoms with E-state index in [9.17, 15) is 0 Å². The van der Waals surface area contributed by atoms with Crippen LogP contribution in [-0.2, 0) is 4.74 Å². The Morgan fingerprint density at radius 1 is 1.47 bits per heavy atom. The summed E-state index contributed by atoms with van der Waals surface area (Å²) in [6.07, 6.45) is 1.09. The maximum Gasteiger partial charge on any atom is 0.0620 e. The minimum atomic E-state index is 0.283. The fourth-order valence-electron chi connectivity index (χ4n) is 1.94. The largest absolute Gasteiger partial charge is 0.380 e. The van der Waals surface area contributed by atoms with Gasteiger partial charge in [-0.15, -0.1) is 0 Å². The van der Waals surface area contributed by atoms with Gasteiger partial charge in [-0.1, -0.05) is 29.8 Å². The van der Waals surface area contributed by atoms with Gasteiger partial charge < -0.3 is 10.1 Å². The van der Waals surface area contributed by atoms with E-state index in [4.69, 9.17) is 16.3 Å². The summed E-state index contributed by atoms with van der Waals surface area (Å²) in [7, 11) is 0. The second kappa shape index (κ2) is 4.97. The smallest absolute Gasteiger partial charge is 0.0620 e. The molecule has 2 atom stereocenters. The zero-order valence-electron chi connectivity index (χ0n) is 8.87. The highest BCUT2D eigenvalue weighted by atomic mass is 35.5. The van der Waals surface area contributed by atoms with Gasteiger partial charge in [-0.05, 0) is 25.0 Å². The second-order valence-corrected chi connectivity index (χ2v) is 4.38. The molecule has 0 aromatic heterocycles. The fraction of sp³-hybridized carbons (Fsp3) is 0.500. The molecule has 0 spiro atoms. The molecule has 1 heterocycles. The van der Waals surface area contributed by atoms with E-state index < -0.39 is 0 Å². The monoisotopic (exact) mass is 225 g/mol. The van der Waals surface area contributed by atoms with Crippen molar-refractivity contribution in [3.63, 3.8) is 0 Å². The van der Waals surface area contributed by atoms with Crippen LogP contribution in [0.25, 0.3) is 0 Å². The third-order valence-electron chi connectivity index (χ3n) is 2.79. The van der Waals surface area contributed by atoms with Crippen LogP contribution in [0.2, 0.25) is 5.02 Å². The molecule has 0 amide bonds. The van der Waals surface area contributed by atoms with Gasteiger partial charge in [0.25, 0.3) is 0 Å². The highest BCUT2D eigenvalue weighted by Gasteiger charge is 2.18. The maximum atomic E-state index is 6.13. The van der Waals surface area contributed by atoms with Crippen LogP contribution < -0.4 is 5.32 Å². The number of hydrogen-bond acceptors (Lipinski definition) is 2. The second-order valence-electron chi connectivity index (χ2n) is 3.97. The molecule has 2 nitrogen and oxygen atoms in total. The SMILES string of the molecule is C[C@@H](NC1CCOC1)c1ccccc1Cl. The van der Waals surface area contributed by atoms with Crippen molar-refractivity contribution in [2.24, 2.45) is 0 Å². The van der Waals surface area contributed by atoms with Crippen molar-refractivity contribution in [2.75, 3.05) is 13.2 Å². The molecule has 1 aliphatic rings. The number of hydrogen-bond donors (Lipinski definition) is 1. The van der Waals surface area contributed by atoms with Crippen LogP contribution in [-0.4, -0.2) is 19.3 Å². The Morgan fingerprint density at radius 2 is 2.27 bits per heavy atom. The Morgan fingerprint density at radius 3 is 2.93 bits per heavy atom. The summed E-state index contributed by atoms with van der Waals surface area (Å²) in [5.41, 5.74) is 1.16. The summed E-state index contributed by atoms with van der Waals surface area (Å²) < 4.78 is 5.33. The van der Waals surface area contributed by atoms with E-state index in [1.807, 2.05) is 18.2 Å². The number of ether oxygens (including phenoxy) is 1. The molecule has 3 heteroatoms. The molecule has 1 aromatic rings. The van der Waals surface area contributed by atoms with Crippen LogP contribution in [0.4, 0.5) is 0 Å². The molecule has 0 radical (unpaired) electrons. The van der Waals surface area contributed by atoms with Gasteiger partial charge in [-0.3, -0.25) is 0 Å². The molecular formula is C12H16ClNO. The van der Waals surface area contributed by atoms with Crippen LogP contribution >= 0.6 is 11.6 Å². The summed E-state index contributed by atoms with van der Waals surface area (Å²) in [5.74, 6) is 0. The van der Waals surface area contributed by atoms with Gasteiger partial charge in [-0.2, -0.15) is 0 Å². The van der Waals surface area contributed by atoms with Crippen molar-refractivity contribution < 1.29 is 4.74 Å². The lowest BCUT2D eigenvalue weighted by Crippen LogP contribution is -2.31. The van der Waals surface area contributed by atoms with Crippen LogP contribution in [0.5, 0.6) is 0 Å². The molecule has 1 fully saturated rings. The third kappa shape index (κ3) is 2.71. The Bertz CT molecular complexity index is 323. The Hall–Kier alpha value is -0.570. The van der Waals surface area contributed by atoms with Gasteiger partial charge in [0.15, 0.2) is 0 Å². The molecule has 1 aromatic carbocycles. The minimum Gasteiger partial charge on any atom is -0.380 e. The molecule has 0 saturated carbocycles. The van der Waals surface area contributed by atoms with E-state index >= 15 is 0 Å². The Labute approximate surface area is 95.6 Å². The maximum absolute atomic E-state index is 6.13. The molecule has 82 valence electrons. The molecule has 2 rings (SSSR count). The van der Waals surface area contributed by atoms with Crippen molar-refractivity contribution in [3.05, 3.63) is 34.9 Å². The lowest BCUT2D eigenvalue weighted by Gasteiger charge is -2.19. The van der Waals surface area contributed by atoms with E-state index in [0.717, 1.165) is 30.2 Å². The topological polar surface area (TPSA) is 21.3 Å². The standard InChI is InChI=1S/C12H16ClNO/c1-9(14-10-6-7-15-8-10)11-4-2-3-5-12(11)13/h2-5,9-10,14H,6-8H2,1H3/t9-,10?/m1/s1. The normalized spacial score (nSPS) is 22.9. The molecule has 15 heavy (non-hydrogen) atoms. The summed E-state index contributed by atoms with van der Waals surface area (Å²) in [6.45, 7) is 3.82. The van der Waals surface area contributed by atoms with Gasteiger partial charge in [0.05, 0.1) is 6.61 Å². The van der Waals surface area contributed by atoms with Gasteiger partial charge >= 0.3 is 0 Å². The first-order valence-corrected chi connectivity index (χ1v) is 5.73. The predicted octanol–water partition coefficient (Wildman–Crippen LogP) is 2.78. The molecule has 0 bridgehead atoms. The van der Waals surface area contributed by atoms with Gasteiger partial charge in [0.1, 0.15) is 0 Å². The zero-order valence-corrected chi connectivity index (χ0v) is 9.63. The van der Waals surface area contributed by atoms with Crippen LogP contribution in [0, 0.1) is 0 Å². The first-order valence-electron chi connectivity index (χ1n) is 5.35. The number of rotatable bonds is 3. The average molecular weight is 226 g/mol. The first-order chi connectivity index (χ1) is 7.27. The molecule has 1 saturated heterocycles. The van der Waals surface area contributed by atoms with Gasteiger partial charge in [0, 0.05) is 23.7 Å². The lowest BCUT2D eigenvalue weighted by molar-refractivity contribution is 0.188. The van der Waals surface area contributed by atoms with Crippen LogP contribution in [0.3, 0.4) is 0 Å². The van der Waals surface area contributed by atoms with Crippen molar-refractivity contribution in [1.82, 2.24) is 5.32 Å². The zero-order chi connectivity index (χ0) is 10.7. The Kier molecular flexibility index (Phi) is 3.62. The van der Waals surface area contributed by atoms with E-state index in [2.05, 4.69) is 18.3 Å². The summed E-state index contributed by atoms with van der Waals surface area (Å²) in [6, 6.07) is 8.72. The number of nitrogens with one attached hydrogen (secondary N) is 1. The van der Waals surface area contributed by atoms with E-state index in [-0.39, 0.29) is 6.04 Å². The van der Waals surface area contributed by atoms with Crippen molar-refractivity contribution >= 4 is 11.6 Å². The summed E-state index contributed by atoms with van der Waals surface area (Å²) in [5, 5.41) is 4.36. The molecule has 1 unspecified atom stereocenters. The van der Waals surface area contributed by atoms with Gasteiger partial charge in [0.2, 0.25) is 0 Å². The number of benzene rings is 1. The predicted molar refractivity (Wildman–Crippen MR) is 62.2 cm³/mol. The van der Waals surface area contributed by atoms with Crippen LogP contribution in [0.1, 0.15) is 24.9 Å². The fourth-order valence-corrected chi connectivity index (χ4v) is 2.23. The van der Waals surface area contributed by atoms with Crippen molar-refractivity contribution in [2.45, 2.75) is 25.4 Å². The highest BCUT2D eigenvalue weighted by molar-refractivity contribution is 6.31. The van der Waals surface area contributed by atoms with Crippen LogP contribution in [0.15, 0.2) is 24.3 Å². The minimum absolute atomic E-state index is 0.283. The molecular weight excluding hydrogens is 210 g/mol. The summed E-state index contributed by atoms with van der Waals surface area (Å²) in [4.78, 5) is 0. The quantitative estimate of drug-likeness (QED) is 0.854. The van der Waals surface area contributed by atoms with E-state index in [1.165, 1.54) is 0 Å². The average Bonchev–Trinajstić information content (AvgIpc) is 2.71. The third-order valence-corrected chi connectivity index (χ3v) is 3.13. The van der Waals surface area contributed by atoms with Gasteiger partial charge in [-0.25, -0.2) is 0 Å². The summed E-state index contributed by atoms with van der Waals surface area (Å²) >= 11 is 6.13. The molecule has 1 aliphatic heterocycles. The highest BCUT2D eigenvalue weighted by Crippen LogP contribution is 2.23. The first kappa shape index (κ1) is 10.9. The van der Waals surface area contributed by atoms with E-state index in [1.54, 1.807) is 0 Å². The Balaban J connectivity index is 2.00. The molecule has 1 N–H and O–H groups in total. The molecule has 0 aliphatic carbocycles. The van der Waals surface area contributed by atoms with Crippen molar-refractivity contribution in [3.8, 4) is 0 Å². The number of halogens is 1. The lowest BCUT2D eigenvalue weighted by atomic mass is 10.1. The van der Waals surface area contributed by atoms with E-state index in [0.29, 0.717) is 6.04 Å².